The fourth-order valence-corrected chi connectivity index (χ4v) is 1.01. The third-order valence-electron chi connectivity index (χ3n) is 1.90. The van der Waals surface area contributed by atoms with Gasteiger partial charge in [-0.05, 0) is 0 Å². The molecule has 0 atom stereocenters. The lowest BCUT2D eigenvalue weighted by atomic mass is 10.4. The van der Waals surface area contributed by atoms with Crippen molar-refractivity contribution in [2.24, 2.45) is 0 Å². The van der Waals surface area contributed by atoms with Crippen LogP contribution in [0, 0.1) is 6.07 Å². The van der Waals surface area contributed by atoms with E-state index >= 15 is 0 Å². The number of carbonyl (C=O) groups excluding carboxylic acids is 1. The zero-order chi connectivity index (χ0) is 12.3. The summed E-state index contributed by atoms with van der Waals surface area (Å²) in [6.07, 6.45) is -3.29. The van der Waals surface area contributed by atoms with Crippen LogP contribution in [0.4, 0.5) is 13.2 Å². The van der Waals surface area contributed by atoms with Crippen molar-refractivity contribution in [3.05, 3.63) is 18.0 Å². The Hall–Kier alpha value is -1.53. The largest absolute Gasteiger partial charge is 0.435 e. The standard InChI is InChI=1S/C9H11F3N3O/c1-14(2)8(16)4-6-15-5-3-7(13-15)9(10,11)12/h5H,4,6H2,1-2H3. The highest BCUT2D eigenvalue weighted by Gasteiger charge is 2.33. The number of halogens is 3. The van der Waals surface area contributed by atoms with Gasteiger partial charge in [0, 0.05) is 39.3 Å². The van der Waals surface area contributed by atoms with Gasteiger partial charge in [0.25, 0.3) is 0 Å². The van der Waals surface area contributed by atoms with Crippen LogP contribution in [0.5, 0.6) is 0 Å². The fraction of sp³-hybridized carbons (Fsp3) is 0.556. The van der Waals surface area contributed by atoms with E-state index in [0.29, 0.717) is 0 Å². The summed E-state index contributed by atoms with van der Waals surface area (Å²) >= 11 is 0. The summed E-state index contributed by atoms with van der Waals surface area (Å²) in [6.45, 7) is 0.115. The van der Waals surface area contributed by atoms with Gasteiger partial charge in [-0.1, -0.05) is 0 Å². The predicted molar refractivity (Wildman–Crippen MR) is 49.4 cm³/mol. The summed E-state index contributed by atoms with van der Waals surface area (Å²) < 4.78 is 37.5. The first-order chi connectivity index (χ1) is 7.30. The van der Waals surface area contributed by atoms with Gasteiger partial charge in [-0.2, -0.15) is 18.3 Å². The van der Waals surface area contributed by atoms with Crippen molar-refractivity contribution in [2.75, 3.05) is 14.1 Å². The quantitative estimate of drug-likeness (QED) is 0.787. The molecule has 0 spiro atoms. The van der Waals surface area contributed by atoms with Crippen LogP contribution in [0.15, 0.2) is 6.20 Å². The van der Waals surface area contributed by atoms with Gasteiger partial charge in [-0.25, -0.2) is 0 Å². The average molecular weight is 234 g/mol. The molecule has 89 valence electrons. The van der Waals surface area contributed by atoms with Crippen LogP contribution in [0.3, 0.4) is 0 Å². The van der Waals surface area contributed by atoms with Crippen molar-refractivity contribution in [3.63, 3.8) is 0 Å². The van der Waals surface area contributed by atoms with Gasteiger partial charge in [0.15, 0.2) is 5.69 Å². The van der Waals surface area contributed by atoms with Crippen molar-refractivity contribution in [2.45, 2.75) is 19.1 Å². The van der Waals surface area contributed by atoms with Gasteiger partial charge in [-0.3, -0.25) is 9.48 Å². The molecule has 0 bridgehead atoms. The molecule has 1 aromatic rings. The number of aryl methyl sites for hydroxylation is 1. The second-order valence-corrected chi connectivity index (χ2v) is 3.42. The van der Waals surface area contributed by atoms with Gasteiger partial charge in [0.2, 0.25) is 5.91 Å². The second-order valence-electron chi connectivity index (χ2n) is 3.42. The Balaban J connectivity index is 2.57. The zero-order valence-electron chi connectivity index (χ0n) is 8.88. The summed E-state index contributed by atoms with van der Waals surface area (Å²) in [5.74, 6) is -0.163. The summed E-state index contributed by atoms with van der Waals surface area (Å²) in [5.41, 5.74) is -1.06. The Labute approximate surface area is 90.6 Å². The SMILES string of the molecule is CN(C)C(=O)CCn1c[c]c(C(F)(F)F)n1. The molecule has 0 N–H and O–H groups in total. The second kappa shape index (κ2) is 4.54. The average Bonchev–Trinajstić information content (AvgIpc) is 2.61. The van der Waals surface area contributed by atoms with Crippen LogP contribution >= 0.6 is 0 Å². The van der Waals surface area contributed by atoms with Gasteiger partial charge < -0.3 is 4.90 Å². The molecule has 1 aromatic heterocycles. The van der Waals surface area contributed by atoms with Crippen LogP contribution < -0.4 is 0 Å². The number of aromatic nitrogens is 2. The van der Waals surface area contributed by atoms with Crippen LogP contribution in [-0.2, 0) is 17.5 Å². The Bertz CT molecular complexity index is 370. The molecule has 1 radical (unpaired) electrons. The normalized spacial score (nSPS) is 11.6. The Morgan fingerprint density at radius 3 is 2.62 bits per heavy atom. The van der Waals surface area contributed by atoms with Crippen molar-refractivity contribution in [1.82, 2.24) is 14.7 Å². The minimum Gasteiger partial charge on any atom is -0.349 e. The molecule has 0 saturated heterocycles. The highest BCUT2D eigenvalue weighted by Crippen LogP contribution is 2.26. The third-order valence-corrected chi connectivity index (χ3v) is 1.90. The van der Waals surface area contributed by atoms with Crippen LogP contribution in [0.25, 0.3) is 0 Å². The molecule has 16 heavy (non-hydrogen) atoms. The molecule has 1 rings (SSSR count). The predicted octanol–water partition coefficient (Wildman–Crippen LogP) is 1.18. The molecular formula is C9H11F3N3O. The number of carbonyl (C=O) groups is 1. The number of hydrogen-bond donors (Lipinski definition) is 0. The molecule has 0 unspecified atom stereocenters. The minimum atomic E-state index is -4.49. The summed E-state index contributed by atoms with van der Waals surface area (Å²) in [6, 6.07) is 2.00. The summed E-state index contributed by atoms with van der Waals surface area (Å²) in [4.78, 5) is 12.5. The highest BCUT2D eigenvalue weighted by molar-refractivity contribution is 5.75. The van der Waals surface area contributed by atoms with Gasteiger partial charge in [0.05, 0.1) is 0 Å². The van der Waals surface area contributed by atoms with Gasteiger partial charge in [-0.15, -0.1) is 0 Å². The molecule has 0 aromatic carbocycles. The van der Waals surface area contributed by atoms with E-state index in [1.54, 1.807) is 14.1 Å². The lowest BCUT2D eigenvalue weighted by molar-refractivity contribution is -0.141. The van der Waals surface area contributed by atoms with Gasteiger partial charge >= 0.3 is 6.18 Å². The molecule has 0 saturated carbocycles. The van der Waals surface area contributed by atoms with Crippen molar-refractivity contribution in [3.8, 4) is 0 Å². The Morgan fingerprint density at radius 1 is 1.56 bits per heavy atom. The first kappa shape index (κ1) is 12.5. The van der Waals surface area contributed by atoms with E-state index in [1.807, 2.05) is 6.07 Å². The van der Waals surface area contributed by atoms with E-state index in [-0.39, 0.29) is 18.9 Å². The fourth-order valence-electron chi connectivity index (χ4n) is 1.01. The minimum absolute atomic E-state index is 0.111. The van der Waals surface area contributed by atoms with E-state index in [4.69, 9.17) is 0 Å². The van der Waals surface area contributed by atoms with Crippen LogP contribution in [0.1, 0.15) is 12.1 Å². The number of amides is 1. The maximum Gasteiger partial charge on any atom is 0.435 e. The topological polar surface area (TPSA) is 38.1 Å². The first-order valence-corrected chi connectivity index (χ1v) is 4.53. The molecule has 0 fully saturated rings. The molecular weight excluding hydrogens is 223 g/mol. The van der Waals surface area contributed by atoms with E-state index in [0.717, 1.165) is 10.9 Å². The lowest BCUT2D eigenvalue weighted by Gasteiger charge is -2.09. The van der Waals surface area contributed by atoms with E-state index in [1.165, 1.54) is 4.90 Å². The monoisotopic (exact) mass is 234 g/mol. The molecule has 0 aliphatic carbocycles. The maximum absolute atomic E-state index is 12.1. The maximum atomic E-state index is 12.1. The van der Waals surface area contributed by atoms with E-state index < -0.39 is 11.9 Å². The lowest BCUT2D eigenvalue weighted by Crippen LogP contribution is -2.23. The van der Waals surface area contributed by atoms with Crippen molar-refractivity contribution < 1.29 is 18.0 Å². The zero-order valence-corrected chi connectivity index (χ0v) is 8.88. The molecule has 0 aliphatic heterocycles. The number of rotatable bonds is 3. The van der Waals surface area contributed by atoms with E-state index in [9.17, 15) is 18.0 Å². The van der Waals surface area contributed by atoms with Crippen LogP contribution in [0.2, 0.25) is 0 Å². The molecule has 0 aliphatic rings. The third kappa shape index (κ3) is 3.25. The van der Waals surface area contributed by atoms with Crippen molar-refractivity contribution >= 4 is 5.91 Å². The first-order valence-electron chi connectivity index (χ1n) is 4.53. The van der Waals surface area contributed by atoms with E-state index in [2.05, 4.69) is 5.10 Å². The Morgan fingerprint density at radius 2 is 2.19 bits per heavy atom. The molecule has 7 heteroatoms. The smallest absolute Gasteiger partial charge is 0.349 e. The number of hydrogen-bond acceptors (Lipinski definition) is 2. The summed E-state index contributed by atoms with van der Waals surface area (Å²) in [7, 11) is 3.16. The molecule has 1 amide bonds. The summed E-state index contributed by atoms with van der Waals surface area (Å²) in [5, 5.41) is 3.28. The Kier molecular flexibility index (Phi) is 3.56. The van der Waals surface area contributed by atoms with Gasteiger partial charge in [0.1, 0.15) is 0 Å². The molecule has 1 heterocycles. The number of alkyl halides is 3. The highest BCUT2D eigenvalue weighted by atomic mass is 19.4. The molecule has 4 nitrogen and oxygen atoms in total. The van der Waals surface area contributed by atoms with Crippen molar-refractivity contribution in [1.29, 1.82) is 0 Å². The van der Waals surface area contributed by atoms with Crippen LogP contribution in [-0.4, -0.2) is 34.7 Å². The number of nitrogens with zero attached hydrogens (tertiary/aromatic N) is 3.